The maximum Gasteiger partial charge on any atom is 0.0123 e. The molecule has 1 heteroatoms. The van der Waals surface area contributed by atoms with Crippen molar-refractivity contribution in [2.24, 2.45) is 11.8 Å². The minimum atomic E-state index is 0.887. The molecule has 0 amide bonds. The molecule has 0 N–H and O–H groups in total. The van der Waals surface area contributed by atoms with Gasteiger partial charge in [0.1, 0.15) is 0 Å². The summed E-state index contributed by atoms with van der Waals surface area (Å²) < 4.78 is 0. The molecule has 0 spiro atoms. The minimum Gasteiger partial charge on any atom is -0.303 e. The van der Waals surface area contributed by atoms with Crippen LogP contribution >= 0.6 is 0 Å². The van der Waals surface area contributed by atoms with Crippen LogP contribution in [0.4, 0.5) is 0 Å². The Kier molecular flexibility index (Phi) is 6.01. The molecule has 106 valence electrons. The highest BCUT2D eigenvalue weighted by atomic mass is 15.1. The Labute approximate surface area is 114 Å². The molecule has 3 atom stereocenters. The lowest BCUT2D eigenvalue weighted by Gasteiger charge is -2.40. The highest BCUT2D eigenvalue weighted by Gasteiger charge is 2.30. The Hall–Kier alpha value is -0.0400. The average Bonchev–Trinajstić information content (AvgIpc) is 2.32. The van der Waals surface area contributed by atoms with Crippen molar-refractivity contribution in [1.82, 2.24) is 4.90 Å². The molecule has 0 aromatic rings. The summed E-state index contributed by atoms with van der Waals surface area (Å²) in [6.45, 7) is 3.87. The van der Waals surface area contributed by atoms with Gasteiger partial charge in [0.05, 0.1) is 0 Å². The molecule has 2 rings (SSSR count). The van der Waals surface area contributed by atoms with Crippen molar-refractivity contribution < 1.29 is 0 Å². The minimum absolute atomic E-state index is 0.887. The standard InChI is InChI=1S/C17H33N/c1-15-11-7-3-4-8-12-16(15)17-13-9-5-6-10-14-18(17)2/h15-17H,3-14H2,1-2H3. The molecule has 0 aromatic heterocycles. The Bertz CT molecular complexity index is 202. The van der Waals surface area contributed by atoms with Crippen molar-refractivity contribution in [3.63, 3.8) is 0 Å². The number of likely N-dealkylation sites (tertiary alicyclic amines) is 1. The number of nitrogens with zero attached hydrogens (tertiary/aromatic N) is 1. The van der Waals surface area contributed by atoms with Crippen molar-refractivity contribution in [2.45, 2.75) is 83.6 Å². The summed E-state index contributed by atoms with van der Waals surface area (Å²) in [6.07, 6.45) is 16.2. The highest BCUT2D eigenvalue weighted by molar-refractivity contribution is 4.83. The fraction of sp³-hybridized carbons (Fsp3) is 1.00. The van der Waals surface area contributed by atoms with Crippen molar-refractivity contribution >= 4 is 0 Å². The van der Waals surface area contributed by atoms with E-state index in [2.05, 4.69) is 18.9 Å². The zero-order valence-corrected chi connectivity index (χ0v) is 12.7. The van der Waals surface area contributed by atoms with Gasteiger partial charge >= 0.3 is 0 Å². The molecule has 1 heterocycles. The highest BCUT2D eigenvalue weighted by Crippen LogP contribution is 2.34. The number of hydrogen-bond donors (Lipinski definition) is 0. The van der Waals surface area contributed by atoms with Gasteiger partial charge in [0.25, 0.3) is 0 Å². The average molecular weight is 251 g/mol. The van der Waals surface area contributed by atoms with Crippen LogP contribution < -0.4 is 0 Å². The summed E-state index contributed by atoms with van der Waals surface area (Å²) in [5.41, 5.74) is 0. The Balaban J connectivity index is 1.99. The molecule has 3 unspecified atom stereocenters. The van der Waals surface area contributed by atoms with Gasteiger partial charge in [0.15, 0.2) is 0 Å². The van der Waals surface area contributed by atoms with Crippen LogP contribution in [0.5, 0.6) is 0 Å². The lowest BCUT2D eigenvalue weighted by Crippen LogP contribution is -2.42. The first kappa shape index (κ1) is 14.4. The molecule has 0 aromatic carbocycles. The zero-order valence-electron chi connectivity index (χ0n) is 12.7. The van der Waals surface area contributed by atoms with Crippen LogP contribution in [0.2, 0.25) is 0 Å². The van der Waals surface area contributed by atoms with E-state index in [0.29, 0.717) is 0 Å². The van der Waals surface area contributed by atoms with Crippen LogP contribution in [0, 0.1) is 11.8 Å². The molecule has 1 saturated carbocycles. The van der Waals surface area contributed by atoms with Gasteiger partial charge < -0.3 is 4.90 Å². The van der Waals surface area contributed by atoms with E-state index in [9.17, 15) is 0 Å². The van der Waals surface area contributed by atoms with E-state index < -0.39 is 0 Å². The van der Waals surface area contributed by atoms with Crippen molar-refractivity contribution in [3.8, 4) is 0 Å². The van der Waals surface area contributed by atoms with Gasteiger partial charge in [-0.25, -0.2) is 0 Å². The van der Waals surface area contributed by atoms with Gasteiger partial charge in [0, 0.05) is 6.04 Å². The van der Waals surface area contributed by atoms with Crippen molar-refractivity contribution in [2.75, 3.05) is 13.6 Å². The summed E-state index contributed by atoms with van der Waals surface area (Å²) in [7, 11) is 2.39. The second-order valence-electron chi connectivity index (χ2n) is 6.88. The van der Waals surface area contributed by atoms with Crippen LogP contribution in [0.1, 0.15) is 77.6 Å². The number of rotatable bonds is 1. The smallest absolute Gasteiger partial charge is 0.0123 e. The van der Waals surface area contributed by atoms with Gasteiger partial charge in [-0.05, 0) is 44.7 Å². The first-order valence-electron chi connectivity index (χ1n) is 8.49. The fourth-order valence-electron chi connectivity index (χ4n) is 4.27. The van der Waals surface area contributed by atoms with E-state index in [1.54, 1.807) is 0 Å². The molecule has 2 fully saturated rings. The second-order valence-corrected chi connectivity index (χ2v) is 6.88. The third-order valence-electron chi connectivity index (χ3n) is 5.50. The molecular weight excluding hydrogens is 218 g/mol. The van der Waals surface area contributed by atoms with E-state index in [-0.39, 0.29) is 0 Å². The Morgan fingerprint density at radius 2 is 1.33 bits per heavy atom. The molecule has 1 aliphatic heterocycles. The molecule has 0 bridgehead atoms. The van der Waals surface area contributed by atoms with E-state index in [1.807, 2.05) is 0 Å². The van der Waals surface area contributed by atoms with Gasteiger partial charge in [0.2, 0.25) is 0 Å². The van der Waals surface area contributed by atoms with Crippen LogP contribution in [-0.2, 0) is 0 Å². The summed E-state index contributed by atoms with van der Waals surface area (Å²) in [6, 6.07) is 0.887. The maximum absolute atomic E-state index is 2.71. The molecule has 1 saturated heterocycles. The van der Waals surface area contributed by atoms with Crippen LogP contribution in [0.15, 0.2) is 0 Å². The fourth-order valence-corrected chi connectivity index (χ4v) is 4.27. The molecule has 0 radical (unpaired) electrons. The SMILES string of the molecule is CC1CCCCCCC1C1CCCCCCN1C. The van der Waals surface area contributed by atoms with Crippen LogP contribution in [0.25, 0.3) is 0 Å². The van der Waals surface area contributed by atoms with Crippen molar-refractivity contribution in [1.29, 1.82) is 0 Å². The number of hydrogen-bond acceptors (Lipinski definition) is 1. The quantitative estimate of drug-likeness (QED) is 0.643. The lowest BCUT2D eigenvalue weighted by atomic mass is 9.76. The van der Waals surface area contributed by atoms with E-state index in [0.717, 1.165) is 17.9 Å². The summed E-state index contributed by atoms with van der Waals surface area (Å²) >= 11 is 0. The first-order valence-corrected chi connectivity index (χ1v) is 8.49. The normalized spacial score (nSPS) is 37.3. The van der Waals surface area contributed by atoms with Gasteiger partial charge in [-0.15, -0.1) is 0 Å². The molecule has 1 nitrogen and oxygen atoms in total. The third-order valence-corrected chi connectivity index (χ3v) is 5.50. The Morgan fingerprint density at radius 1 is 0.722 bits per heavy atom. The predicted octanol–water partition coefficient (Wildman–Crippen LogP) is 4.86. The molecule has 2 aliphatic rings. The largest absolute Gasteiger partial charge is 0.303 e. The van der Waals surface area contributed by atoms with Gasteiger partial charge in [-0.2, -0.15) is 0 Å². The summed E-state index contributed by atoms with van der Waals surface area (Å²) in [5.74, 6) is 1.94. The molecule has 1 aliphatic carbocycles. The van der Waals surface area contributed by atoms with Crippen LogP contribution in [-0.4, -0.2) is 24.5 Å². The topological polar surface area (TPSA) is 3.24 Å². The van der Waals surface area contributed by atoms with E-state index in [4.69, 9.17) is 0 Å². The third kappa shape index (κ3) is 3.98. The summed E-state index contributed by atoms with van der Waals surface area (Å²) in [4.78, 5) is 2.71. The lowest BCUT2D eigenvalue weighted by molar-refractivity contribution is 0.0987. The second kappa shape index (κ2) is 7.53. The first-order chi connectivity index (χ1) is 8.79. The molecular formula is C17H33N. The van der Waals surface area contributed by atoms with Gasteiger partial charge in [-0.1, -0.05) is 58.3 Å². The zero-order chi connectivity index (χ0) is 12.8. The van der Waals surface area contributed by atoms with E-state index >= 15 is 0 Å². The van der Waals surface area contributed by atoms with Crippen molar-refractivity contribution in [3.05, 3.63) is 0 Å². The maximum atomic E-state index is 2.71. The summed E-state index contributed by atoms with van der Waals surface area (Å²) in [5, 5.41) is 0. The van der Waals surface area contributed by atoms with Crippen LogP contribution in [0.3, 0.4) is 0 Å². The van der Waals surface area contributed by atoms with Gasteiger partial charge in [-0.3, -0.25) is 0 Å². The van der Waals surface area contributed by atoms with E-state index in [1.165, 1.54) is 77.2 Å². The molecule has 18 heavy (non-hydrogen) atoms. The predicted molar refractivity (Wildman–Crippen MR) is 79.9 cm³/mol. The monoisotopic (exact) mass is 251 g/mol. The Morgan fingerprint density at radius 3 is 2.11 bits per heavy atom.